The van der Waals surface area contributed by atoms with Gasteiger partial charge in [0, 0.05) is 25.0 Å². The van der Waals surface area contributed by atoms with E-state index >= 15 is 0 Å². The lowest BCUT2D eigenvalue weighted by Crippen LogP contribution is -2.37. The zero-order valence-corrected chi connectivity index (χ0v) is 15.0. The minimum absolute atomic E-state index is 0.0955. The van der Waals surface area contributed by atoms with Crippen LogP contribution in [-0.4, -0.2) is 47.5 Å². The normalized spacial score (nSPS) is 17.0. The molecule has 27 heavy (non-hydrogen) atoms. The number of nitrogens with zero attached hydrogens (tertiary/aromatic N) is 2. The average Bonchev–Trinajstić information content (AvgIpc) is 2.66. The second kappa shape index (κ2) is 9.38. The Kier molecular flexibility index (Phi) is 6.94. The topological polar surface area (TPSA) is 120 Å². The number of carboxylic acids is 1. The Morgan fingerprint density at radius 1 is 1.37 bits per heavy atom. The van der Waals surface area contributed by atoms with E-state index in [1.165, 1.54) is 30.5 Å². The van der Waals surface area contributed by atoms with Crippen molar-refractivity contribution in [3.8, 4) is 6.07 Å². The van der Waals surface area contributed by atoms with Gasteiger partial charge in [0.05, 0.1) is 18.1 Å². The van der Waals surface area contributed by atoms with Crippen molar-refractivity contribution in [3.05, 3.63) is 41.6 Å². The third-order valence-electron chi connectivity index (χ3n) is 4.14. The molecule has 0 aromatic heterocycles. The second-order valence-corrected chi connectivity index (χ2v) is 6.08. The van der Waals surface area contributed by atoms with Crippen LogP contribution in [0.2, 0.25) is 0 Å². The first-order valence-electron chi connectivity index (χ1n) is 8.62. The molecule has 1 aliphatic rings. The Morgan fingerprint density at radius 2 is 2.07 bits per heavy atom. The van der Waals surface area contributed by atoms with Crippen molar-refractivity contribution in [2.45, 2.75) is 19.8 Å². The Hall–Kier alpha value is -3.34. The van der Waals surface area contributed by atoms with E-state index < -0.39 is 11.9 Å². The molecule has 1 aliphatic heterocycles. The fraction of sp³-hybridized carbons (Fsp3) is 0.368. The van der Waals surface area contributed by atoms with Crippen LogP contribution in [0.1, 0.15) is 30.1 Å². The van der Waals surface area contributed by atoms with Gasteiger partial charge in [-0.2, -0.15) is 5.26 Å². The van der Waals surface area contributed by atoms with E-state index in [-0.39, 0.29) is 23.0 Å². The number of nitriles is 1. The average molecular weight is 371 g/mol. The van der Waals surface area contributed by atoms with E-state index in [1.807, 2.05) is 6.07 Å². The Morgan fingerprint density at radius 3 is 2.67 bits per heavy atom. The maximum atomic E-state index is 12.3. The smallest absolute Gasteiger partial charge is 0.335 e. The van der Waals surface area contributed by atoms with Crippen molar-refractivity contribution in [1.29, 1.82) is 5.26 Å². The summed E-state index contributed by atoms with van der Waals surface area (Å²) in [6.45, 7) is 3.10. The zero-order chi connectivity index (χ0) is 19.8. The number of anilines is 1. The molecule has 8 nitrogen and oxygen atoms in total. The summed E-state index contributed by atoms with van der Waals surface area (Å²) in [5.74, 6) is -2.20. The van der Waals surface area contributed by atoms with Crippen LogP contribution in [0.5, 0.6) is 0 Å². The van der Waals surface area contributed by atoms with E-state index in [1.54, 1.807) is 11.8 Å². The number of benzene rings is 1. The van der Waals surface area contributed by atoms with Crippen molar-refractivity contribution in [2.24, 2.45) is 5.92 Å². The number of carbonyl (C=O) groups excluding carboxylic acids is 2. The molecular formula is C19H21N3O5. The summed E-state index contributed by atoms with van der Waals surface area (Å²) in [6, 6.07) is 7.50. The van der Waals surface area contributed by atoms with Crippen molar-refractivity contribution in [2.75, 3.05) is 25.0 Å². The van der Waals surface area contributed by atoms with Crippen LogP contribution in [0.25, 0.3) is 0 Å². The van der Waals surface area contributed by atoms with Gasteiger partial charge in [-0.3, -0.25) is 9.59 Å². The van der Waals surface area contributed by atoms with Gasteiger partial charge in [0.25, 0.3) is 5.91 Å². The molecule has 1 saturated heterocycles. The summed E-state index contributed by atoms with van der Waals surface area (Å²) in [5.41, 5.74) is 0.387. The maximum absolute atomic E-state index is 12.3. The molecule has 2 rings (SSSR count). The number of hydrogen-bond acceptors (Lipinski definition) is 6. The van der Waals surface area contributed by atoms with Crippen molar-refractivity contribution in [3.63, 3.8) is 0 Å². The number of piperidine rings is 1. The SMILES string of the molecule is CCOC(=O)C1CCCN(/C=C(/C#N)C(=O)Nc2ccc(C(=O)O)cc2)C1. The highest BCUT2D eigenvalue weighted by molar-refractivity contribution is 6.06. The highest BCUT2D eigenvalue weighted by Crippen LogP contribution is 2.19. The van der Waals surface area contributed by atoms with Crippen molar-refractivity contribution >= 4 is 23.5 Å². The molecule has 8 heteroatoms. The molecular weight excluding hydrogens is 350 g/mol. The van der Waals surface area contributed by atoms with Gasteiger partial charge in [-0.25, -0.2) is 4.79 Å². The molecule has 2 N–H and O–H groups in total. The summed E-state index contributed by atoms with van der Waals surface area (Å²) in [5, 5.41) is 20.8. The summed E-state index contributed by atoms with van der Waals surface area (Å²) < 4.78 is 5.04. The van der Waals surface area contributed by atoms with Gasteiger partial charge in [-0.15, -0.1) is 0 Å². The van der Waals surface area contributed by atoms with E-state index in [4.69, 9.17) is 9.84 Å². The van der Waals surface area contributed by atoms with E-state index in [9.17, 15) is 19.6 Å². The highest BCUT2D eigenvalue weighted by atomic mass is 16.5. The molecule has 1 aromatic carbocycles. The molecule has 1 aromatic rings. The van der Waals surface area contributed by atoms with Gasteiger partial charge >= 0.3 is 11.9 Å². The molecule has 1 amide bonds. The van der Waals surface area contributed by atoms with Gasteiger partial charge in [0.1, 0.15) is 11.6 Å². The van der Waals surface area contributed by atoms with Crippen LogP contribution < -0.4 is 5.32 Å². The number of likely N-dealkylation sites (tertiary alicyclic amines) is 1. The van der Waals surface area contributed by atoms with Crippen LogP contribution in [0.4, 0.5) is 5.69 Å². The minimum atomic E-state index is -1.06. The van der Waals surface area contributed by atoms with E-state index in [0.29, 0.717) is 31.8 Å². The Labute approximate surface area is 157 Å². The van der Waals surface area contributed by atoms with Gasteiger partial charge < -0.3 is 20.1 Å². The van der Waals surface area contributed by atoms with E-state index in [0.717, 1.165) is 6.42 Å². The van der Waals surface area contributed by atoms with Crippen LogP contribution in [0.15, 0.2) is 36.0 Å². The van der Waals surface area contributed by atoms with Crippen LogP contribution in [0.3, 0.4) is 0 Å². The van der Waals surface area contributed by atoms with Crippen molar-refractivity contribution < 1.29 is 24.2 Å². The fourth-order valence-electron chi connectivity index (χ4n) is 2.79. The third-order valence-corrected chi connectivity index (χ3v) is 4.14. The quantitative estimate of drug-likeness (QED) is 0.446. The van der Waals surface area contributed by atoms with Crippen LogP contribution in [-0.2, 0) is 14.3 Å². The molecule has 142 valence electrons. The van der Waals surface area contributed by atoms with Gasteiger partial charge in [0.2, 0.25) is 0 Å². The lowest BCUT2D eigenvalue weighted by Gasteiger charge is -2.30. The number of rotatable bonds is 6. The summed E-state index contributed by atoms with van der Waals surface area (Å²) in [4.78, 5) is 36.8. The number of carbonyl (C=O) groups is 3. The predicted molar refractivity (Wildman–Crippen MR) is 96.7 cm³/mol. The first-order valence-corrected chi connectivity index (χ1v) is 8.62. The molecule has 1 unspecified atom stereocenters. The Bertz CT molecular complexity index is 780. The number of ether oxygens (including phenoxy) is 1. The number of esters is 1. The lowest BCUT2D eigenvalue weighted by atomic mass is 9.98. The molecule has 1 fully saturated rings. The first-order chi connectivity index (χ1) is 12.9. The molecule has 0 bridgehead atoms. The highest BCUT2D eigenvalue weighted by Gasteiger charge is 2.26. The largest absolute Gasteiger partial charge is 0.478 e. The first kappa shape index (κ1) is 20.0. The minimum Gasteiger partial charge on any atom is -0.478 e. The Balaban J connectivity index is 2.03. The van der Waals surface area contributed by atoms with Gasteiger partial charge in [-0.1, -0.05) is 0 Å². The maximum Gasteiger partial charge on any atom is 0.335 e. The molecule has 0 radical (unpaired) electrons. The van der Waals surface area contributed by atoms with Crippen molar-refractivity contribution in [1.82, 2.24) is 4.90 Å². The number of aromatic carboxylic acids is 1. The lowest BCUT2D eigenvalue weighted by molar-refractivity contribution is -0.149. The zero-order valence-electron chi connectivity index (χ0n) is 15.0. The summed E-state index contributed by atoms with van der Waals surface area (Å²) >= 11 is 0. The standard InChI is InChI=1S/C19H21N3O5/c1-2-27-19(26)14-4-3-9-22(11-14)12-15(10-20)17(23)21-16-7-5-13(6-8-16)18(24)25/h5-8,12,14H,2-4,9,11H2,1H3,(H,21,23)(H,24,25)/b15-12-. The summed E-state index contributed by atoms with van der Waals surface area (Å²) in [6.07, 6.45) is 2.93. The van der Waals surface area contributed by atoms with Gasteiger partial charge in [-0.05, 0) is 44.0 Å². The third kappa shape index (κ3) is 5.57. The molecule has 1 heterocycles. The number of amides is 1. The van der Waals surface area contributed by atoms with E-state index in [2.05, 4.69) is 5.32 Å². The van der Waals surface area contributed by atoms with Crippen LogP contribution >= 0.6 is 0 Å². The fourth-order valence-corrected chi connectivity index (χ4v) is 2.79. The number of hydrogen-bond donors (Lipinski definition) is 2. The molecule has 0 aliphatic carbocycles. The monoisotopic (exact) mass is 371 g/mol. The van der Waals surface area contributed by atoms with Crippen LogP contribution in [0, 0.1) is 17.2 Å². The van der Waals surface area contributed by atoms with Gasteiger partial charge in [0.15, 0.2) is 0 Å². The summed E-state index contributed by atoms with van der Waals surface area (Å²) in [7, 11) is 0. The molecule has 0 spiro atoms. The second-order valence-electron chi connectivity index (χ2n) is 6.08. The predicted octanol–water partition coefficient (Wildman–Crippen LogP) is 2.01. The number of nitrogens with one attached hydrogen (secondary N) is 1. The molecule has 0 saturated carbocycles. The molecule has 1 atom stereocenters. The number of carboxylic acid groups (broad SMARTS) is 1.